The number of fused-ring (bicyclic) bond motifs is 1. The maximum atomic E-state index is 13.7. The molecule has 0 bridgehead atoms. The zero-order chi connectivity index (χ0) is 26.8. The van der Waals surface area contributed by atoms with Crippen molar-refractivity contribution in [3.8, 4) is 28.6 Å². The molecule has 0 fully saturated rings. The van der Waals surface area contributed by atoms with Gasteiger partial charge in [-0.3, -0.25) is 9.78 Å². The third kappa shape index (κ3) is 4.52. The summed E-state index contributed by atoms with van der Waals surface area (Å²) < 4.78 is 18.5. The topological polar surface area (TPSA) is 112 Å². The van der Waals surface area contributed by atoms with E-state index in [4.69, 9.17) is 24.3 Å². The summed E-state index contributed by atoms with van der Waals surface area (Å²) in [5.41, 5.74) is 4.34. The standard InChI is InChI=1S/C28H28N6O4/c1-16-8-6-9-18(12-16)26-32-28-30-17(2)23(27(35)31-20-10-7-11-29-15-20)24(34(28)33-26)19-13-21(36-3)25(38-5)22(14-19)37-4/h6-15,24H,1-5H3,(H,31,35)(H,30,32,33). The highest BCUT2D eigenvalue weighted by molar-refractivity contribution is 6.06. The number of methoxy groups -OCH3 is 3. The lowest BCUT2D eigenvalue weighted by Gasteiger charge is -2.29. The van der Waals surface area contributed by atoms with E-state index in [1.165, 1.54) is 0 Å². The smallest absolute Gasteiger partial charge is 0.255 e. The van der Waals surface area contributed by atoms with Gasteiger partial charge in [-0.2, -0.15) is 4.98 Å². The van der Waals surface area contributed by atoms with Crippen LogP contribution in [0.1, 0.15) is 24.1 Å². The second kappa shape index (κ2) is 10.3. The van der Waals surface area contributed by atoms with Gasteiger partial charge in [-0.05, 0) is 49.7 Å². The molecule has 1 atom stereocenters. The predicted octanol–water partition coefficient (Wildman–Crippen LogP) is 4.60. The van der Waals surface area contributed by atoms with Crippen LogP contribution < -0.4 is 24.8 Å². The quantitative estimate of drug-likeness (QED) is 0.369. The minimum Gasteiger partial charge on any atom is -0.493 e. The molecular weight excluding hydrogens is 484 g/mol. The first-order valence-electron chi connectivity index (χ1n) is 12.0. The zero-order valence-electron chi connectivity index (χ0n) is 21.8. The number of aryl methyl sites for hydroxylation is 1. The molecule has 0 saturated carbocycles. The molecule has 10 heteroatoms. The molecule has 38 heavy (non-hydrogen) atoms. The summed E-state index contributed by atoms with van der Waals surface area (Å²) in [6.45, 7) is 3.86. The van der Waals surface area contributed by atoms with Crippen molar-refractivity contribution in [3.63, 3.8) is 0 Å². The summed E-state index contributed by atoms with van der Waals surface area (Å²) in [5, 5.41) is 11.1. The number of carbonyl (C=O) groups is 1. The fraction of sp³-hybridized carbons (Fsp3) is 0.214. The first-order chi connectivity index (χ1) is 18.4. The molecule has 0 aliphatic carbocycles. The summed E-state index contributed by atoms with van der Waals surface area (Å²) in [6.07, 6.45) is 3.24. The average Bonchev–Trinajstić information content (AvgIpc) is 3.35. The Labute approximate surface area is 220 Å². The lowest BCUT2D eigenvalue weighted by molar-refractivity contribution is -0.113. The monoisotopic (exact) mass is 512 g/mol. The molecule has 4 aromatic rings. The van der Waals surface area contributed by atoms with E-state index in [9.17, 15) is 4.79 Å². The number of rotatable bonds is 7. The van der Waals surface area contributed by atoms with Crippen LogP contribution in [0.2, 0.25) is 0 Å². The summed E-state index contributed by atoms with van der Waals surface area (Å²) in [4.78, 5) is 22.6. The predicted molar refractivity (Wildman–Crippen MR) is 144 cm³/mol. The number of hydrogen-bond acceptors (Lipinski definition) is 8. The molecule has 1 aliphatic rings. The fourth-order valence-corrected chi connectivity index (χ4v) is 4.55. The molecule has 0 spiro atoms. The first kappa shape index (κ1) is 24.8. The second-order valence-electron chi connectivity index (χ2n) is 8.79. The zero-order valence-corrected chi connectivity index (χ0v) is 21.8. The lowest BCUT2D eigenvalue weighted by atomic mass is 9.94. The summed E-state index contributed by atoms with van der Waals surface area (Å²) in [5.74, 6) is 2.12. The Morgan fingerprint density at radius 1 is 1.00 bits per heavy atom. The van der Waals surface area contributed by atoms with Gasteiger partial charge in [-0.25, -0.2) is 4.68 Å². The van der Waals surface area contributed by atoms with Crippen molar-refractivity contribution in [1.82, 2.24) is 19.7 Å². The van der Waals surface area contributed by atoms with Gasteiger partial charge in [-0.1, -0.05) is 23.8 Å². The number of hydrogen-bond donors (Lipinski definition) is 2. The largest absolute Gasteiger partial charge is 0.493 e. The number of anilines is 2. The van der Waals surface area contributed by atoms with Gasteiger partial charge in [0.2, 0.25) is 11.7 Å². The Balaban J connectivity index is 1.68. The molecule has 194 valence electrons. The maximum Gasteiger partial charge on any atom is 0.255 e. The Bertz CT molecular complexity index is 1500. The SMILES string of the molecule is COc1cc(C2C(C(=O)Nc3cccnc3)=C(C)Nc3nc(-c4cccc(C)c4)nn32)cc(OC)c1OC. The minimum absolute atomic E-state index is 0.306. The van der Waals surface area contributed by atoms with Crippen LogP contribution in [0.5, 0.6) is 17.2 Å². The van der Waals surface area contributed by atoms with Crippen LogP contribution in [0.3, 0.4) is 0 Å². The van der Waals surface area contributed by atoms with Crippen LogP contribution in [0.4, 0.5) is 11.6 Å². The van der Waals surface area contributed by atoms with Crippen molar-refractivity contribution in [1.29, 1.82) is 0 Å². The number of allylic oxidation sites excluding steroid dienone is 1. The highest BCUT2D eigenvalue weighted by Gasteiger charge is 2.36. The fourth-order valence-electron chi connectivity index (χ4n) is 4.55. The van der Waals surface area contributed by atoms with E-state index in [1.54, 1.807) is 50.5 Å². The molecule has 0 saturated heterocycles. The molecule has 5 rings (SSSR count). The van der Waals surface area contributed by atoms with Gasteiger partial charge in [0.25, 0.3) is 5.91 Å². The van der Waals surface area contributed by atoms with Crippen molar-refractivity contribution in [2.45, 2.75) is 19.9 Å². The Kier molecular flexibility index (Phi) is 6.69. The third-order valence-electron chi connectivity index (χ3n) is 6.30. The van der Waals surface area contributed by atoms with Crippen molar-refractivity contribution in [2.24, 2.45) is 0 Å². The van der Waals surface area contributed by atoms with Crippen LogP contribution in [0, 0.1) is 6.92 Å². The van der Waals surface area contributed by atoms with Crippen molar-refractivity contribution in [2.75, 3.05) is 32.0 Å². The van der Waals surface area contributed by atoms with E-state index in [0.29, 0.717) is 51.5 Å². The molecule has 2 aromatic heterocycles. The number of amides is 1. The Morgan fingerprint density at radius 2 is 1.76 bits per heavy atom. The van der Waals surface area contributed by atoms with Crippen LogP contribution in [-0.4, -0.2) is 47.0 Å². The molecule has 2 aromatic carbocycles. The van der Waals surface area contributed by atoms with Gasteiger partial charge in [0.1, 0.15) is 6.04 Å². The van der Waals surface area contributed by atoms with Gasteiger partial charge < -0.3 is 24.8 Å². The number of nitrogens with one attached hydrogen (secondary N) is 2. The molecule has 10 nitrogen and oxygen atoms in total. The van der Waals surface area contributed by atoms with E-state index in [2.05, 4.69) is 15.6 Å². The highest BCUT2D eigenvalue weighted by atomic mass is 16.5. The van der Waals surface area contributed by atoms with Gasteiger partial charge >= 0.3 is 0 Å². The van der Waals surface area contributed by atoms with E-state index >= 15 is 0 Å². The van der Waals surface area contributed by atoms with Gasteiger partial charge in [0.05, 0.1) is 38.8 Å². The molecular formula is C28H28N6O4. The van der Waals surface area contributed by atoms with Crippen LogP contribution >= 0.6 is 0 Å². The number of ether oxygens (including phenoxy) is 3. The second-order valence-corrected chi connectivity index (χ2v) is 8.79. The number of nitrogens with zero attached hydrogens (tertiary/aromatic N) is 4. The Morgan fingerprint density at radius 3 is 2.39 bits per heavy atom. The van der Waals surface area contributed by atoms with Crippen molar-refractivity contribution >= 4 is 17.5 Å². The molecule has 0 radical (unpaired) electrons. The lowest BCUT2D eigenvalue weighted by Crippen LogP contribution is -2.31. The number of pyridine rings is 1. The van der Waals surface area contributed by atoms with E-state index < -0.39 is 6.04 Å². The van der Waals surface area contributed by atoms with Crippen LogP contribution in [-0.2, 0) is 4.79 Å². The maximum absolute atomic E-state index is 13.7. The summed E-state index contributed by atoms with van der Waals surface area (Å²) in [6, 6.07) is 14.5. The first-order valence-corrected chi connectivity index (χ1v) is 12.0. The number of aromatic nitrogens is 4. The van der Waals surface area contributed by atoms with Crippen LogP contribution in [0.15, 0.2) is 72.2 Å². The van der Waals surface area contributed by atoms with Gasteiger partial charge in [-0.15, -0.1) is 5.10 Å². The minimum atomic E-state index is -0.650. The number of benzene rings is 2. The summed E-state index contributed by atoms with van der Waals surface area (Å²) >= 11 is 0. The van der Waals surface area contributed by atoms with E-state index in [-0.39, 0.29) is 5.91 Å². The van der Waals surface area contributed by atoms with Crippen molar-refractivity contribution < 1.29 is 19.0 Å². The average molecular weight is 513 g/mol. The third-order valence-corrected chi connectivity index (χ3v) is 6.30. The van der Waals surface area contributed by atoms with E-state index in [1.807, 2.05) is 50.2 Å². The van der Waals surface area contributed by atoms with E-state index in [0.717, 1.165) is 11.1 Å². The molecule has 3 heterocycles. The van der Waals surface area contributed by atoms with Gasteiger partial charge in [0.15, 0.2) is 17.3 Å². The van der Waals surface area contributed by atoms with Gasteiger partial charge in [0, 0.05) is 17.5 Å². The normalized spacial score (nSPS) is 14.4. The molecule has 1 aliphatic heterocycles. The number of carbonyl (C=O) groups excluding carboxylic acids is 1. The molecule has 1 unspecified atom stereocenters. The Hall–Kier alpha value is -4.86. The van der Waals surface area contributed by atoms with Crippen molar-refractivity contribution in [3.05, 3.63) is 83.3 Å². The molecule has 1 amide bonds. The van der Waals surface area contributed by atoms with Crippen LogP contribution in [0.25, 0.3) is 11.4 Å². The molecule has 2 N–H and O–H groups in total. The highest BCUT2D eigenvalue weighted by Crippen LogP contribution is 2.44. The summed E-state index contributed by atoms with van der Waals surface area (Å²) in [7, 11) is 4.65.